The molecule has 0 radical (unpaired) electrons. The molecule has 0 aliphatic carbocycles. The lowest BCUT2D eigenvalue weighted by atomic mass is 9.92. The van der Waals surface area contributed by atoms with Crippen molar-refractivity contribution >= 4 is 5.97 Å². The van der Waals surface area contributed by atoms with Crippen molar-refractivity contribution < 1.29 is 14.6 Å². The molecule has 2 atom stereocenters. The van der Waals surface area contributed by atoms with Crippen LogP contribution in [0.1, 0.15) is 35.7 Å². The van der Waals surface area contributed by atoms with Crippen LogP contribution in [0.4, 0.5) is 0 Å². The normalized spacial score (nSPS) is 19.4. The van der Waals surface area contributed by atoms with Gasteiger partial charge in [0.2, 0.25) is 0 Å². The lowest BCUT2D eigenvalue weighted by Crippen LogP contribution is -2.41. The van der Waals surface area contributed by atoms with Crippen LogP contribution in [-0.2, 0) is 4.79 Å². The zero-order chi connectivity index (χ0) is 17.8. The van der Waals surface area contributed by atoms with E-state index in [0.717, 1.165) is 42.0 Å². The van der Waals surface area contributed by atoms with Gasteiger partial charge >= 0.3 is 5.97 Å². The fourth-order valence-electron chi connectivity index (χ4n) is 3.58. The Hall–Kier alpha value is -2.40. The van der Waals surface area contributed by atoms with Crippen LogP contribution < -0.4 is 4.74 Å². The van der Waals surface area contributed by atoms with E-state index in [1.807, 2.05) is 37.3 Å². The minimum Gasteiger partial charge on any atom is -0.497 e. The number of carboxylic acid groups (broad SMARTS) is 1. The first-order valence-corrected chi connectivity index (χ1v) is 8.62. The van der Waals surface area contributed by atoms with Gasteiger partial charge in [0, 0.05) is 12.7 Å². The summed E-state index contributed by atoms with van der Waals surface area (Å²) in [6.45, 7) is 3.45. The van der Waals surface area contributed by atoms with Crippen molar-refractivity contribution in [1.82, 2.24) is 9.88 Å². The van der Waals surface area contributed by atoms with Gasteiger partial charge in [0.15, 0.2) is 0 Å². The molecule has 1 aliphatic rings. The van der Waals surface area contributed by atoms with Crippen molar-refractivity contribution in [3.05, 3.63) is 59.4 Å². The summed E-state index contributed by atoms with van der Waals surface area (Å²) in [5, 5.41) is 9.45. The Labute approximate surface area is 148 Å². The maximum Gasteiger partial charge on any atom is 0.307 e. The molecule has 25 heavy (non-hydrogen) atoms. The van der Waals surface area contributed by atoms with Crippen molar-refractivity contribution in [2.24, 2.45) is 5.92 Å². The van der Waals surface area contributed by atoms with Gasteiger partial charge in [0.25, 0.3) is 0 Å². The summed E-state index contributed by atoms with van der Waals surface area (Å²) >= 11 is 0. The summed E-state index contributed by atoms with van der Waals surface area (Å²) in [5.74, 6) is -0.249. The van der Waals surface area contributed by atoms with Gasteiger partial charge in [-0.3, -0.25) is 14.7 Å². The molecule has 1 aliphatic heterocycles. The Balaban J connectivity index is 2.03. The minimum absolute atomic E-state index is 0.0709. The van der Waals surface area contributed by atoms with E-state index in [0.29, 0.717) is 6.54 Å². The molecule has 1 aromatic carbocycles. The first-order valence-electron chi connectivity index (χ1n) is 8.62. The summed E-state index contributed by atoms with van der Waals surface area (Å²) < 4.78 is 5.38. The smallest absolute Gasteiger partial charge is 0.307 e. The molecule has 1 fully saturated rings. The molecule has 0 bridgehead atoms. The van der Waals surface area contributed by atoms with Crippen LogP contribution in [0.15, 0.2) is 42.6 Å². The first kappa shape index (κ1) is 17.4. The molecule has 5 heteroatoms. The number of hydrogen-bond acceptors (Lipinski definition) is 4. The Bertz CT molecular complexity index is 747. The summed E-state index contributed by atoms with van der Waals surface area (Å²) in [4.78, 5) is 18.4. The number of nitrogens with zero attached hydrogens (tertiary/aromatic N) is 2. The number of likely N-dealkylation sites (tertiary alicyclic amines) is 1. The zero-order valence-electron chi connectivity index (χ0n) is 14.7. The van der Waals surface area contributed by atoms with Gasteiger partial charge in [-0.25, -0.2) is 0 Å². The predicted octanol–water partition coefficient (Wildman–Crippen LogP) is 3.28. The van der Waals surface area contributed by atoms with E-state index in [-0.39, 0.29) is 12.0 Å². The van der Waals surface area contributed by atoms with Gasteiger partial charge in [-0.15, -0.1) is 0 Å². The highest BCUT2D eigenvalue weighted by Crippen LogP contribution is 2.34. The minimum atomic E-state index is -0.716. The molecule has 0 spiro atoms. The van der Waals surface area contributed by atoms with Crippen LogP contribution in [-0.4, -0.2) is 41.2 Å². The van der Waals surface area contributed by atoms with Crippen molar-refractivity contribution in [2.75, 3.05) is 20.2 Å². The second-order valence-corrected chi connectivity index (χ2v) is 6.56. The lowest BCUT2D eigenvalue weighted by molar-refractivity contribution is -0.143. The topological polar surface area (TPSA) is 62.7 Å². The molecular formula is C20H24N2O3. The lowest BCUT2D eigenvalue weighted by Gasteiger charge is -2.37. The highest BCUT2D eigenvalue weighted by molar-refractivity contribution is 5.70. The fraction of sp³-hybridized carbons (Fsp3) is 0.400. The van der Waals surface area contributed by atoms with Crippen molar-refractivity contribution in [1.29, 1.82) is 0 Å². The van der Waals surface area contributed by atoms with Crippen molar-refractivity contribution in [2.45, 2.75) is 25.8 Å². The number of aromatic nitrogens is 1. The highest BCUT2D eigenvalue weighted by Gasteiger charge is 2.32. The number of pyridine rings is 1. The number of hydrogen-bond donors (Lipinski definition) is 1. The molecule has 0 amide bonds. The molecular weight excluding hydrogens is 316 g/mol. The predicted molar refractivity (Wildman–Crippen MR) is 95.7 cm³/mol. The van der Waals surface area contributed by atoms with Crippen LogP contribution in [0.5, 0.6) is 5.75 Å². The van der Waals surface area contributed by atoms with Crippen LogP contribution in [0.3, 0.4) is 0 Å². The molecule has 1 saturated heterocycles. The maximum atomic E-state index is 11.5. The van der Waals surface area contributed by atoms with Crippen LogP contribution in [0.2, 0.25) is 0 Å². The SMILES string of the molecule is COc1cccc(C(c2ncccc2C)N2CCCC(C(=O)O)C2)c1. The van der Waals surface area contributed by atoms with Crippen LogP contribution >= 0.6 is 0 Å². The Morgan fingerprint density at radius 3 is 2.92 bits per heavy atom. The standard InChI is InChI=1S/C20H24N2O3/c1-14-6-4-10-21-18(14)19(15-7-3-9-17(12-15)25-2)22-11-5-8-16(13-22)20(23)24/h3-4,6-7,9-10,12,16,19H,5,8,11,13H2,1-2H3,(H,23,24). The molecule has 2 aromatic rings. The third kappa shape index (κ3) is 3.82. The van der Waals surface area contributed by atoms with Gasteiger partial charge in [0.1, 0.15) is 5.75 Å². The van der Waals surface area contributed by atoms with Crippen LogP contribution in [0.25, 0.3) is 0 Å². The quantitative estimate of drug-likeness (QED) is 0.905. The van der Waals surface area contributed by atoms with E-state index in [4.69, 9.17) is 4.74 Å². The average Bonchev–Trinajstić information content (AvgIpc) is 2.64. The third-order valence-corrected chi connectivity index (χ3v) is 4.89. The number of rotatable bonds is 5. The second-order valence-electron chi connectivity index (χ2n) is 6.56. The number of aliphatic carboxylic acids is 1. The molecule has 0 saturated carbocycles. The number of aryl methyl sites for hydroxylation is 1. The van der Waals surface area contributed by atoms with Gasteiger partial charge < -0.3 is 9.84 Å². The van der Waals surface area contributed by atoms with Gasteiger partial charge in [0.05, 0.1) is 24.8 Å². The summed E-state index contributed by atoms with van der Waals surface area (Å²) in [6.07, 6.45) is 3.41. The van der Waals surface area contributed by atoms with E-state index in [1.54, 1.807) is 13.3 Å². The molecule has 132 valence electrons. The Morgan fingerprint density at radius 1 is 1.36 bits per heavy atom. The largest absolute Gasteiger partial charge is 0.497 e. The molecule has 5 nitrogen and oxygen atoms in total. The van der Waals surface area contributed by atoms with Crippen molar-refractivity contribution in [3.8, 4) is 5.75 Å². The number of carbonyl (C=O) groups is 1. The number of piperidine rings is 1. The first-order chi connectivity index (χ1) is 12.1. The van der Waals surface area contributed by atoms with Gasteiger partial charge in [-0.2, -0.15) is 0 Å². The molecule has 2 heterocycles. The zero-order valence-corrected chi connectivity index (χ0v) is 14.7. The summed E-state index contributed by atoms with van der Waals surface area (Å²) in [7, 11) is 1.65. The number of carboxylic acids is 1. The van der Waals surface area contributed by atoms with E-state index in [2.05, 4.69) is 16.0 Å². The summed E-state index contributed by atoms with van der Waals surface area (Å²) in [5.41, 5.74) is 3.15. The van der Waals surface area contributed by atoms with Gasteiger partial charge in [-0.05, 0) is 55.6 Å². The maximum absolute atomic E-state index is 11.5. The number of benzene rings is 1. The average molecular weight is 340 g/mol. The fourth-order valence-corrected chi connectivity index (χ4v) is 3.58. The monoisotopic (exact) mass is 340 g/mol. The van der Waals surface area contributed by atoms with Crippen LogP contribution in [0, 0.1) is 12.8 Å². The molecule has 1 N–H and O–H groups in total. The third-order valence-electron chi connectivity index (χ3n) is 4.89. The highest BCUT2D eigenvalue weighted by atomic mass is 16.5. The molecule has 2 unspecified atom stereocenters. The molecule has 1 aromatic heterocycles. The van der Waals surface area contributed by atoms with E-state index >= 15 is 0 Å². The Kier molecular flexibility index (Phi) is 5.34. The number of methoxy groups -OCH3 is 1. The number of ether oxygens (including phenoxy) is 1. The van der Waals surface area contributed by atoms with E-state index in [9.17, 15) is 9.90 Å². The molecule has 3 rings (SSSR count). The van der Waals surface area contributed by atoms with Gasteiger partial charge in [-0.1, -0.05) is 18.2 Å². The van der Waals surface area contributed by atoms with E-state index in [1.165, 1.54) is 0 Å². The second kappa shape index (κ2) is 7.66. The Morgan fingerprint density at radius 2 is 2.20 bits per heavy atom. The van der Waals surface area contributed by atoms with E-state index < -0.39 is 5.97 Å². The van der Waals surface area contributed by atoms with Crippen molar-refractivity contribution in [3.63, 3.8) is 0 Å². The summed E-state index contributed by atoms with van der Waals surface area (Å²) in [6, 6.07) is 11.9.